The standard InChI is InChI=1S/C17H32N2O2/c1-3-8-19-12-15(10-17(20)21-2)9-16(13-19)18-11-14-6-4-5-7-14/h14-16,18H,3-13H2,1-2H3. The van der Waals surface area contributed by atoms with Gasteiger partial charge in [-0.05, 0) is 50.6 Å². The zero-order valence-electron chi connectivity index (χ0n) is 13.8. The summed E-state index contributed by atoms with van der Waals surface area (Å²) in [5.41, 5.74) is 0. The molecule has 0 aromatic heterocycles. The summed E-state index contributed by atoms with van der Waals surface area (Å²) in [4.78, 5) is 14.1. The molecule has 1 heterocycles. The molecule has 2 aliphatic rings. The van der Waals surface area contributed by atoms with Crippen molar-refractivity contribution in [2.45, 2.75) is 57.9 Å². The molecule has 2 rings (SSSR count). The number of hydrogen-bond acceptors (Lipinski definition) is 4. The lowest BCUT2D eigenvalue weighted by Gasteiger charge is -2.38. The Morgan fingerprint density at radius 2 is 2.00 bits per heavy atom. The van der Waals surface area contributed by atoms with Crippen LogP contribution >= 0.6 is 0 Å². The summed E-state index contributed by atoms with van der Waals surface area (Å²) in [6.45, 7) is 6.71. The topological polar surface area (TPSA) is 41.6 Å². The molecule has 0 amide bonds. The molecule has 4 heteroatoms. The van der Waals surface area contributed by atoms with E-state index in [1.807, 2.05) is 0 Å². The van der Waals surface area contributed by atoms with Crippen molar-refractivity contribution < 1.29 is 9.53 Å². The SMILES string of the molecule is CCCN1CC(CC(=O)OC)CC(NCC2CCCC2)C1. The molecular weight excluding hydrogens is 264 g/mol. The first-order valence-electron chi connectivity index (χ1n) is 8.73. The number of hydrogen-bond donors (Lipinski definition) is 1. The van der Waals surface area contributed by atoms with Gasteiger partial charge in [-0.25, -0.2) is 0 Å². The van der Waals surface area contributed by atoms with Crippen LogP contribution in [-0.4, -0.2) is 50.2 Å². The van der Waals surface area contributed by atoms with E-state index in [9.17, 15) is 4.79 Å². The van der Waals surface area contributed by atoms with Gasteiger partial charge < -0.3 is 15.0 Å². The minimum Gasteiger partial charge on any atom is -0.469 e. The van der Waals surface area contributed by atoms with Crippen LogP contribution in [0.3, 0.4) is 0 Å². The van der Waals surface area contributed by atoms with E-state index in [0.29, 0.717) is 18.4 Å². The molecule has 1 saturated heterocycles. The van der Waals surface area contributed by atoms with Gasteiger partial charge in [0.1, 0.15) is 0 Å². The van der Waals surface area contributed by atoms with E-state index in [2.05, 4.69) is 17.1 Å². The lowest BCUT2D eigenvalue weighted by atomic mass is 9.91. The lowest BCUT2D eigenvalue weighted by Crippen LogP contribution is -2.50. The molecule has 2 unspecified atom stereocenters. The molecule has 122 valence electrons. The van der Waals surface area contributed by atoms with Crippen LogP contribution in [0.15, 0.2) is 0 Å². The summed E-state index contributed by atoms with van der Waals surface area (Å²) >= 11 is 0. The third kappa shape index (κ3) is 5.59. The Hall–Kier alpha value is -0.610. The van der Waals surface area contributed by atoms with Crippen LogP contribution in [0.2, 0.25) is 0 Å². The molecule has 2 atom stereocenters. The Bertz CT molecular complexity index is 316. The van der Waals surface area contributed by atoms with Gasteiger partial charge in [-0.1, -0.05) is 19.8 Å². The van der Waals surface area contributed by atoms with Crippen LogP contribution in [0.4, 0.5) is 0 Å². The zero-order chi connectivity index (χ0) is 15.1. The number of carbonyl (C=O) groups is 1. The molecular formula is C17H32N2O2. The fraction of sp³-hybridized carbons (Fsp3) is 0.941. The third-order valence-corrected chi connectivity index (χ3v) is 5.01. The molecule has 4 nitrogen and oxygen atoms in total. The Morgan fingerprint density at radius 3 is 2.67 bits per heavy atom. The Balaban J connectivity index is 1.81. The number of piperidine rings is 1. The van der Waals surface area contributed by atoms with Crippen molar-refractivity contribution in [3.8, 4) is 0 Å². The summed E-state index contributed by atoms with van der Waals surface area (Å²) in [5.74, 6) is 1.26. The van der Waals surface area contributed by atoms with Crippen molar-refractivity contribution in [2.24, 2.45) is 11.8 Å². The minimum atomic E-state index is -0.0621. The van der Waals surface area contributed by atoms with Gasteiger partial charge in [-0.15, -0.1) is 0 Å². The maximum absolute atomic E-state index is 11.6. The van der Waals surface area contributed by atoms with Crippen molar-refractivity contribution >= 4 is 5.97 Å². The van der Waals surface area contributed by atoms with Crippen molar-refractivity contribution in [1.82, 2.24) is 10.2 Å². The molecule has 1 aliphatic carbocycles. The first-order valence-corrected chi connectivity index (χ1v) is 8.73. The molecule has 0 radical (unpaired) electrons. The molecule has 1 aliphatic heterocycles. The van der Waals surface area contributed by atoms with Gasteiger partial charge in [0.15, 0.2) is 0 Å². The molecule has 1 N–H and O–H groups in total. The molecule has 0 aromatic rings. The number of esters is 1. The molecule has 2 fully saturated rings. The number of ether oxygens (including phenoxy) is 1. The second-order valence-electron chi connectivity index (χ2n) is 6.90. The highest BCUT2D eigenvalue weighted by molar-refractivity contribution is 5.69. The number of carbonyl (C=O) groups excluding carboxylic acids is 1. The van der Waals surface area contributed by atoms with Crippen LogP contribution in [-0.2, 0) is 9.53 Å². The van der Waals surface area contributed by atoms with Gasteiger partial charge in [0.25, 0.3) is 0 Å². The summed E-state index contributed by atoms with van der Waals surface area (Å²) < 4.78 is 4.85. The first-order chi connectivity index (χ1) is 10.2. The highest BCUT2D eigenvalue weighted by Gasteiger charge is 2.29. The third-order valence-electron chi connectivity index (χ3n) is 5.01. The van der Waals surface area contributed by atoms with Crippen LogP contribution in [0.25, 0.3) is 0 Å². The molecule has 21 heavy (non-hydrogen) atoms. The Kier molecular flexibility index (Phi) is 6.97. The van der Waals surface area contributed by atoms with E-state index < -0.39 is 0 Å². The average molecular weight is 296 g/mol. The Labute approximate surface area is 129 Å². The van der Waals surface area contributed by atoms with Gasteiger partial charge in [0.2, 0.25) is 0 Å². The summed E-state index contributed by atoms with van der Waals surface area (Å²) in [7, 11) is 1.49. The molecule has 0 aromatic carbocycles. The normalized spacial score (nSPS) is 27.9. The first kappa shape index (κ1) is 16.8. The zero-order valence-corrected chi connectivity index (χ0v) is 13.8. The van der Waals surface area contributed by atoms with Gasteiger partial charge in [-0.2, -0.15) is 0 Å². The van der Waals surface area contributed by atoms with Crippen LogP contribution in [0, 0.1) is 11.8 Å². The maximum atomic E-state index is 11.6. The largest absolute Gasteiger partial charge is 0.469 e. The van der Waals surface area contributed by atoms with Crippen molar-refractivity contribution in [3.63, 3.8) is 0 Å². The van der Waals surface area contributed by atoms with Gasteiger partial charge in [-0.3, -0.25) is 4.79 Å². The monoisotopic (exact) mass is 296 g/mol. The number of nitrogens with zero attached hydrogens (tertiary/aromatic N) is 1. The van der Waals surface area contributed by atoms with Crippen LogP contribution < -0.4 is 5.32 Å². The number of nitrogens with one attached hydrogen (secondary N) is 1. The van der Waals surface area contributed by atoms with Crippen molar-refractivity contribution in [3.05, 3.63) is 0 Å². The van der Waals surface area contributed by atoms with Crippen molar-refractivity contribution in [1.29, 1.82) is 0 Å². The number of methoxy groups -OCH3 is 1. The van der Waals surface area contributed by atoms with Gasteiger partial charge >= 0.3 is 5.97 Å². The quantitative estimate of drug-likeness (QED) is 0.733. The highest BCUT2D eigenvalue weighted by atomic mass is 16.5. The van der Waals surface area contributed by atoms with E-state index in [0.717, 1.165) is 38.5 Å². The smallest absolute Gasteiger partial charge is 0.305 e. The maximum Gasteiger partial charge on any atom is 0.305 e. The summed E-state index contributed by atoms with van der Waals surface area (Å²) in [6, 6.07) is 0.542. The molecule has 0 bridgehead atoms. The van der Waals surface area contributed by atoms with Gasteiger partial charge in [0.05, 0.1) is 7.11 Å². The van der Waals surface area contributed by atoms with Crippen LogP contribution in [0.1, 0.15) is 51.9 Å². The van der Waals surface area contributed by atoms with E-state index >= 15 is 0 Å². The van der Waals surface area contributed by atoms with E-state index in [-0.39, 0.29) is 5.97 Å². The predicted octanol–water partition coefficient (Wildman–Crippen LogP) is 2.43. The summed E-state index contributed by atoms with van der Waals surface area (Å²) in [5, 5.41) is 3.78. The minimum absolute atomic E-state index is 0.0621. The van der Waals surface area contributed by atoms with Crippen LogP contribution in [0.5, 0.6) is 0 Å². The van der Waals surface area contributed by atoms with Gasteiger partial charge in [0, 0.05) is 25.6 Å². The number of rotatable bonds is 7. The van der Waals surface area contributed by atoms with Crippen molar-refractivity contribution in [2.75, 3.05) is 33.3 Å². The fourth-order valence-electron chi connectivity index (χ4n) is 3.96. The van der Waals surface area contributed by atoms with E-state index in [1.165, 1.54) is 39.2 Å². The number of likely N-dealkylation sites (tertiary alicyclic amines) is 1. The van der Waals surface area contributed by atoms with E-state index in [1.54, 1.807) is 0 Å². The Morgan fingerprint density at radius 1 is 1.24 bits per heavy atom. The summed E-state index contributed by atoms with van der Waals surface area (Å²) in [6.07, 6.45) is 8.46. The predicted molar refractivity (Wildman–Crippen MR) is 85.2 cm³/mol. The lowest BCUT2D eigenvalue weighted by molar-refractivity contribution is -0.142. The highest BCUT2D eigenvalue weighted by Crippen LogP contribution is 2.25. The second kappa shape index (κ2) is 8.74. The average Bonchev–Trinajstić information content (AvgIpc) is 2.98. The fourth-order valence-corrected chi connectivity index (χ4v) is 3.96. The molecule has 1 saturated carbocycles. The van der Waals surface area contributed by atoms with E-state index in [4.69, 9.17) is 4.74 Å². The second-order valence-corrected chi connectivity index (χ2v) is 6.90. The molecule has 0 spiro atoms.